The summed E-state index contributed by atoms with van der Waals surface area (Å²) in [6.45, 7) is 9.35. The van der Waals surface area contributed by atoms with Crippen molar-refractivity contribution in [2.24, 2.45) is 11.8 Å². The highest BCUT2D eigenvalue weighted by molar-refractivity contribution is 4.86. The van der Waals surface area contributed by atoms with Crippen molar-refractivity contribution in [2.45, 2.75) is 65.0 Å². The van der Waals surface area contributed by atoms with Crippen LogP contribution in [0.4, 0.5) is 0 Å². The Labute approximate surface area is 94.5 Å². The molecule has 2 unspecified atom stereocenters. The Kier molecular flexibility index (Phi) is 4.60. The quantitative estimate of drug-likeness (QED) is 0.752. The molecule has 90 valence electrons. The molecule has 1 fully saturated rings. The zero-order valence-corrected chi connectivity index (χ0v) is 10.7. The van der Waals surface area contributed by atoms with Crippen molar-refractivity contribution < 1.29 is 5.11 Å². The van der Waals surface area contributed by atoms with Crippen molar-refractivity contribution in [3.63, 3.8) is 0 Å². The zero-order valence-electron chi connectivity index (χ0n) is 10.7. The highest BCUT2D eigenvalue weighted by Gasteiger charge is 2.28. The van der Waals surface area contributed by atoms with Crippen LogP contribution in [-0.2, 0) is 0 Å². The predicted octanol–water partition coefficient (Wildman–Crippen LogP) is 2.56. The first-order valence-electron chi connectivity index (χ1n) is 6.31. The third-order valence-corrected chi connectivity index (χ3v) is 3.51. The standard InChI is InChI=1S/C13H27NO/c1-10-7-11(2)9-12(8-10)14-13(3,4)5-6-15/h10-12,14-15H,5-9H2,1-4H3. The van der Waals surface area contributed by atoms with Crippen LogP contribution < -0.4 is 5.32 Å². The summed E-state index contributed by atoms with van der Waals surface area (Å²) >= 11 is 0. The average Bonchev–Trinajstić information content (AvgIpc) is 1.99. The number of hydrogen-bond acceptors (Lipinski definition) is 2. The Morgan fingerprint density at radius 3 is 2.13 bits per heavy atom. The molecule has 0 heterocycles. The minimum Gasteiger partial charge on any atom is -0.396 e. The molecule has 0 aliphatic heterocycles. The molecule has 1 rings (SSSR count). The Bertz CT molecular complexity index is 181. The Morgan fingerprint density at radius 2 is 1.67 bits per heavy atom. The van der Waals surface area contributed by atoms with Gasteiger partial charge in [-0.3, -0.25) is 0 Å². The lowest BCUT2D eigenvalue weighted by Crippen LogP contribution is -2.49. The monoisotopic (exact) mass is 213 g/mol. The second kappa shape index (κ2) is 5.31. The van der Waals surface area contributed by atoms with E-state index in [1.54, 1.807) is 0 Å². The van der Waals surface area contributed by atoms with Gasteiger partial charge >= 0.3 is 0 Å². The number of nitrogens with one attached hydrogen (secondary N) is 1. The molecular formula is C13H27NO. The number of rotatable bonds is 4. The van der Waals surface area contributed by atoms with Gasteiger partial charge in [0.05, 0.1) is 0 Å². The van der Waals surface area contributed by atoms with Gasteiger partial charge < -0.3 is 10.4 Å². The van der Waals surface area contributed by atoms with Gasteiger partial charge in [-0.05, 0) is 51.4 Å². The third kappa shape index (κ3) is 4.52. The lowest BCUT2D eigenvalue weighted by molar-refractivity contribution is 0.174. The van der Waals surface area contributed by atoms with E-state index in [1.165, 1.54) is 19.3 Å². The molecule has 2 N–H and O–H groups in total. The maximum Gasteiger partial charge on any atom is 0.0448 e. The van der Waals surface area contributed by atoms with Gasteiger partial charge in [0.25, 0.3) is 0 Å². The van der Waals surface area contributed by atoms with Crippen LogP contribution in [0.2, 0.25) is 0 Å². The molecule has 0 aromatic carbocycles. The molecule has 0 aromatic heterocycles. The molecule has 0 aromatic rings. The van der Waals surface area contributed by atoms with Gasteiger partial charge in [-0.15, -0.1) is 0 Å². The summed E-state index contributed by atoms with van der Waals surface area (Å²) in [6, 6.07) is 0.644. The molecule has 0 amide bonds. The number of aliphatic hydroxyl groups excluding tert-OH is 1. The van der Waals surface area contributed by atoms with E-state index < -0.39 is 0 Å². The van der Waals surface area contributed by atoms with Crippen LogP contribution in [0, 0.1) is 11.8 Å². The van der Waals surface area contributed by atoms with E-state index in [0.717, 1.165) is 18.3 Å². The summed E-state index contributed by atoms with van der Waals surface area (Å²) in [7, 11) is 0. The Balaban J connectivity index is 2.43. The second-order valence-electron chi connectivity index (χ2n) is 6.12. The smallest absolute Gasteiger partial charge is 0.0448 e. The van der Waals surface area contributed by atoms with Crippen LogP contribution in [0.1, 0.15) is 53.4 Å². The number of aliphatic hydroxyl groups is 1. The summed E-state index contributed by atoms with van der Waals surface area (Å²) in [5.74, 6) is 1.69. The molecule has 1 aliphatic rings. The Hall–Kier alpha value is -0.0800. The van der Waals surface area contributed by atoms with E-state index in [9.17, 15) is 0 Å². The first-order valence-corrected chi connectivity index (χ1v) is 6.31. The summed E-state index contributed by atoms with van der Waals surface area (Å²) in [4.78, 5) is 0. The van der Waals surface area contributed by atoms with Crippen LogP contribution in [0.25, 0.3) is 0 Å². The SMILES string of the molecule is CC1CC(C)CC(NC(C)(C)CCO)C1. The lowest BCUT2D eigenvalue weighted by Gasteiger charge is -2.38. The maximum absolute atomic E-state index is 9.00. The van der Waals surface area contributed by atoms with Gasteiger partial charge in [0, 0.05) is 18.2 Å². The van der Waals surface area contributed by atoms with Gasteiger partial charge in [-0.1, -0.05) is 13.8 Å². The fourth-order valence-electron chi connectivity index (χ4n) is 2.97. The van der Waals surface area contributed by atoms with Crippen molar-refractivity contribution in [1.29, 1.82) is 0 Å². The highest BCUT2D eigenvalue weighted by atomic mass is 16.3. The summed E-state index contributed by atoms with van der Waals surface area (Å²) in [5.41, 5.74) is 0.0796. The van der Waals surface area contributed by atoms with Crippen molar-refractivity contribution in [3.8, 4) is 0 Å². The molecule has 0 spiro atoms. The van der Waals surface area contributed by atoms with Crippen LogP contribution in [0.3, 0.4) is 0 Å². The average molecular weight is 213 g/mol. The van der Waals surface area contributed by atoms with E-state index in [1.807, 2.05) is 0 Å². The van der Waals surface area contributed by atoms with E-state index in [0.29, 0.717) is 6.04 Å². The van der Waals surface area contributed by atoms with Gasteiger partial charge in [0.15, 0.2) is 0 Å². The van der Waals surface area contributed by atoms with Crippen molar-refractivity contribution in [3.05, 3.63) is 0 Å². The Morgan fingerprint density at radius 1 is 1.13 bits per heavy atom. The minimum absolute atomic E-state index is 0.0796. The molecule has 2 heteroatoms. The largest absolute Gasteiger partial charge is 0.396 e. The minimum atomic E-state index is 0.0796. The molecule has 1 aliphatic carbocycles. The molecule has 2 atom stereocenters. The van der Waals surface area contributed by atoms with Gasteiger partial charge in [-0.25, -0.2) is 0 Å². The van der Waals surface area contributed by atoms with E-state index in [2.05, 4.69) is 33.0 Å². The van der Waals surface area contributed by atoms with Gasteiger partial charge in [0.1, 0.15) is 0 Å². The van der Waals surface area contributed by atoms with Crippen molar-refractivity contribution >= 4 is 0 Å². The molecular weight excluding hydrogens is 186 g/mol. The molecule has 2 nitrogen and oxygen atoms in total. The van der Waals surface area contributed by atoms with Crippen LogP contribution in [-0.4, -0.2) is 23.3 Å². The predicted molar refractivity (Wildman–Crippen MR) is 64.9 cm³/mol. The van der Waals surface area contributed by atoms with Crippen molar-refractivity contribution in [2.75, 3.05) is 6.61 Å². The first kappa shape index (κ1) is 13.0. The van der Waals surface area contributed by atoms with E-state index in [-0.39, 0.29) is 12.1 Å². The number of hydrogen-bond donors (Lipinski definition) is 2. The fraction of sp³-hybridized carbons (Fsp3) is 1.00. The van der Waals surface area contributed by atoms with Crippen molar-refractivity contribution in [1.82, 2.24) is 5.32 Å². The fourth-order valence-corrected chi connectivity index (χ4v) is 2.97. The molecule has 0 radical (unpaired) electrons. The zero-order chi connectivity index (χ0) is 11.5. The molecule has 0 saturated heterocycles. The molecule has 1 saturated carbocycles. The maximum atomic E-state index is 9.00. The first-order chi connectivity index (χ1) is 6.93. The van der Waals surface area contributed by atoms with Crippen LogP contribution >= 0.6 is 0 Å². The van der Waals surface area contributed by atoms with Gasteiger partial charge in [0.2, 0.25) is 0 Å². The highest BCUT2D eigenvalue weighted by Crippen LogP contribution is 2.29. The topological polar surface area (TPSA) is 32.3 Å². The molecule has 0 bridgehead atoms. The second-order valence-corrected chi connectivity index (χ2v) is 6.12. The summed E-state index contributed by atoms with van der Waals surface area (Å²) in [6.07, 6.45) is 4.79. The summed E-state index contributed by atoms with van der Waals surface area (Å²) < 4.78 is 0. The van der Waals surface area contributed by atoms with Gasteiger partial charge in [-0.2, -0.15) is 0 Å². The third-order valence-electron chi connectivity index (χ3n) is 3.51. The van der Waals surface area contributed by atoms with E-state index in [4.69, 9.17) is 5.11 Å². The lowest BCUT2D eigenvalue weighted by atomic mass is 9.79. The summed E-state index contributed by atoms with van der Waals surface area (Å²) in [5, 5.41) is 12.7. The van der Waals surface area contributed by atoms with E-state index >= 15 is 0 Å². The van der Waals surface area contributed by atoms with Crippen LogP contribution in [0.15, 0.2) is 0 Å². The van der Waals surface area contributed by atoms with Crippen LogP contribution in [0.5, 0.6) is 0 Å². The normalized spacial score (nSPS) is 33.0. The molecule has 15 heavy (non-hydrogen) atoms.